The number of amides is 2. The molecule has 1 saturated heterocycles. The first-order valence-electron chi connectivity index (χ1n) is 9.10. The molecule has 0 bridgehead atoms. The van der Waals surface area contributed by atoms with Crippen molar-refractivity contribution < 1.29 is 14.3 Å². The van der Waals surface area contributed by atoms with Gasteiger partial charge in [0.05, 0.1) is 19.3 Å². The van der Waals surface area contributed by atoms with Gasteiger partial charge in [0.25, 0.3) is 0 Å². The van der Waals surface area contributed by atoms with Gasteiger partial charge in [-0.1, -0.05) is 12.1 Å². The number of carbonyl (C=O) groups excluding carboxylic acids is 1. The highest BCUT2D eigenvalue weighted by molar-refractivity contribution is 5.75. The molecule has 2 aliphatic carbocycles. The van der Waals surface area contributed by atoms with Crippen molar-refractivity contribution in [1.82, 2.24) is 10.6 Å². The van der Waals surface area contributed by atoms with Gasteiger partial charge in [0.1, 0.15) is 5.75 Å². The molecule has 4 atom stereocenters. The van der Waals surface area contributed by atoms with Gasteiger partial charge in [-0.15, -0.1) is 0 Å². The Labute approximate surface area is 143 Å². The van der Waals surface area contributed by atoms with Crippen LogP contribution in [0.15, 0.2) is 18.2 Å². The number of fused-ring (bicyclic) bond motifs is 2. The lowest BCUT2D eigenvalue weighted by molar-refractivity contribution is 0.0549. The molecule has 2 amide bonds. The number of benzene rings is 1. The van der Waals surface area contributed by atoms with Gasteiger partial charge in [-0.05, 0) is 55.7 Å². The van der Waals surface area contributed by atoms with Crippen molar-refractivity contribution in [2.24, 2.45) is 5.92 Å². The van der Waals surface area contributed by atoms with Crippen LogP contribution < -0.4 is 15.4 Å². The normalized spacial score (nSPS) is 31.2. The molecule has 0 aromatic heterocycles. The molecule has 3 aliphatic rings. The summed E-state index contributed by atoms with van der Waals surface area (Å²) in [5, 5.41) is 6.38. The van der Waals surface area contributed by atoms with E-state index in [0.29, 0.717) is 12.0 Å². The molecule has 0 unspecified atom stereocenters. The fourth-order valence-electron chi connectivity index (χ4n) is 4.69. The first-order chi connectivity index (χ1) is 11.8. The minimum absolute atomic E-state index is 0.0479. The lowest BCUT2D eigenvalue weighted by Crippen LogP contribution is -2.49. The maximum Gasteiger partial charge on any atom is 0.315 e. The van der Waals surface area contributed by atoms with E-state index in [0.717, 1.165) is 50.9 Å². The maximum absolute atomic E-state index is 12.5. The van der Waals surface area contributed by atoms with Crippen LogP contribution in [-0.4, -0.2) is 31.9 Å². The van der Waals surface area contributed by atoms with Crippen LogP contribution in [0.4, 0.5) is 4.79 Å². The highest BCUT2D eigenvalue weighted by Crippen LogP contribution is 2.37. The maximum atomic E-state index is 12.5. The molecule has 1 aliphatic heterocycles. The van der Waals surface area contributed by atoms with Gasteiger partial charge in [0.15, 0.2) is 0 Å². The molecule has 130 valence electrons. The van der Waals surface area contributed by atoms with E-state index in [-0.39, 0.29) is 18.1 Å². The summed E-state index contributed by atoms with van der Waals surface area (Å²) >= 11 is 0. The zero-order valence-electron chi connectivity index (χ0n) is 14.2. The topological polar surface area (TPSA) is 59.6 Å². The first-order valence-corrected chi connectivity index (χ1v) is 9.10. The van der Waals surface area contributed by atoms with E-state index in [1.807, 2.05) is 12.1 Å². The van der Waals surface area contributed by atoms with Gasteiger partial charge < -0.3 is 20.1 Å². The van der Waals surface area contributed by atoms with E-state index in [1.54, 1.807) is 7.11 Å². The number of carbonyl (C=O) groups is 1. The van der Waals surface area contributed by atoms with Crippen LogP contribution in [-0.2, 0) is 11.2 Å². The molecule has 0 spiro atoms. The number of nitrogens with one attached hydrogen (secondary N) is 2. The first kappa shape index (κ1) is 15.8. The van der Waals surface area contributed by atoms with Gasteiger partial charge in [0.2, 0.25) is 0 Å². The Kier molecular flexibility index (Phi) is 4.35. The Morgan fingerprint density at radius 2 is 2.12 bits per heavy atom. The van der Waals surface area contributed by atoms with Crippen LogP contribution in [0.25, 0.3) is 0 Å². The van der Waals surface area contributed by atoms with Gasteiger partial charge >= 0.3 is 6.03 Å². The van der Waals surface area contributed by atoms with Crippen LogP contribution in [0.3, 0.4) is 0 Å². The van der Waals surface area contributed by atoms with Crippen LogP contribution >= 0.6 is 0 Å². The summed E-state index contributed by atoms with van der Waals surface area (Å²) in [7, 11) is 1.70. The number of rotatable bonds is 3. The second-order valence-electron chi connectivity index (χ2n) is 7.14. The van der Waals surface area contributed by atoms with Crippen molar-refractivity contribution in [2.45, 2.75) is 56.7 Å². The Morgan fingerprint density at radius 3 is 3.00 bits per heavy atom. The van der Waals surface area contributed by atoms with Gasteiger partial charge in [-0.25, -0.2) is 4.79 Å². The number of methoxy groups -OCH3 is 1. The van der Waals surface area contributed by atoms with E-state index >= 15 is 0 Å². The summed E-state index contributed by atoms with van der Waals surface area (Å²) in [6, 6.07) is 6.36. The summed E-state index contributed by atoms with van der Waals surface area (Å²) in [6.45, 7) is 0.838. The molecule has 5 nitrogen and oxygen atoms in total. The van der Waals surface area contributed by atoms with E-state index in [2.05, 4.69) is 16.7 Å². The summed E-state index contributed by atoms with van der Waals surface area (Å²) in [6.07, 6.45) is 6.64. The molecular formula is C19H26N2O3. The summed E-state index contributed by atoms with van der Waals surface area (Å²) in [5.41, 5.74) is 2.42. The molecule has 0 radical (unpaired) electrons. The monoisotopic (exact) mass is 330 g/mol. The second kappa shape index (κ2) is 6.63. The third kappa shape index (κ3) is 2.86. The third-order valence-electron chi connectivity index (χ3n) is 5.85. The minimum atomic E-state index is -0.0479. The Balaban J connectivity index is 1.39. The summed E-state index contributed by atoms with van der Waals surface area (Å²) in [5.74, 6) is 1.41. The highest BCUT2D eigenvalue weighted by atomic mass is 16.5. The summed E-state index contributed by atoms with van der Waals surface area (Å²) < 4.78 is 11.2. The van der Waals surface area contributed by atoms with Crippen molar-refractivity contribution in [3.63, 3.8) is 0 Å². The average molecular weight is 330 g/mol. The number of hydrogen-bond acceptors (Lipinski definition) is 3. The molecule has 1 saturated carbocycles. The van der Waals surface area contributed by atoms with Gasteiger partial charge in [-0.2, -0.15) is 0 Å². The van der Waals surface area contributed by atoms with Gasteiger partial charge in [-0.3, -0.25) is 0 Å². The van der Waals surface area contributed by atoms with Crippen molar-refractivity contribution >= 4 is 6.03 Å². The minimum Gasteiger partial charge on any atom is -0.496 e. The van der Waals surface area contributed by atoms with Crippen LogP contribution in [0.2, 0.25) is 0 Å². The molecule has 4 rings (SSSR count). The van der Waals surface area contributed by atoms with Crippen LogP contribution in [0.1, 0.15) is 49.3 Å². The average Bonchev–Trinajstić information content (AvgIpc) is 3.22. The number of urea groups is 1. The Morgan fingerprint density at radius 1 is 1.21 bits per heavy atom. The van der Waals surface area contributed by atoms with E-state index in [9.17, 15) is 4.79 Å². The lowest BCUT2D eigenvalue weighted by Gasteiger charge is -2.33. The van der Waals surface area contributed by atoms with Crippen molar-refractivity contribution in [1.29, 1.82) is 0 Å². The molecule has 1 heterocycles. The molecular weight excluding hydrogens is 304 g/mol. The fraction of sp³-hybridized carbons (Fsp3) is 0.632. The quantitative estimate of drug-likeness (QED) is 0.896. The van der Waals surface area contributed by atoms with Crippen LogP contribution in [0.5, 0.6) is 5.75 Å². The van der Waals surface area contributed by atoms with E-state index in [1.165, 1.54) is 11.1 Å². The highest BCUT2D eigenvalue weighted by Gasteiger charge is 2.38. The molecule has 5 heteroatoms. The standard InChI is InChI=1S/C19H26N2O3/c1-23-17-6-2-4-12-13(17)8-9-16(12)21-19(22)20-15-5-3-7-18-14(15)10-11-24-18/h2,4,6,14-16,18H,3,5,7-11H2,1H3,(H2,20,21,22)/t14-,15-,16+,18+/m1/s1. The second-order valence-corrected chi connectivity index (χ2v) is 7.14. The van der Waals surface area contributed by atoms with E-state index in [4.69, 9.17) is 9.47 Å². The van der Waals surface area contributed by atoms with Crippen molar-refractivity contribution in [2.75, 3.05) is 13.7 Å². The molecule has 1 aromatic rings. The predicted molar refractivity (Wildman–Crippen MR) is 91.2 cm³/mol. The zero-order valence-corrected chi connectivity index (χ0v) is 14.2. The number of ether oxygens (including phenoxy) is 2. The molecule has 1 aromatic carbocycles. The lowest BCUT2D eigenvalue weighted by atomic mass is 9.82. The van der Waals surface area contributed by atoms with Crippen molar-refractivity contribution in [3.05, 3.63) is 29.3 Å². The predicted octanol–water partition coefficient (Wildman–Crippen LogP) is 2.94. The SMILES string of the molecule is COc1cccc2c1CC[C@@H]2NC(=O)N[C@@H]1CCC[C@@H]2OCC[C@@H]21. The van der Waals surface area contributed by atoms with Crippen LogP contribution in [0, 0.1) is 5.92 Å². The van der Waals surface area contributed by atoms with Gasteiger partial charge in [0, 0.05) is 18.6 Å². The van der Waals surface area contributed by atoms with E-state index < -0.39 is 0 Å². The third-order valence-corrected chi connectivity index (χ3v) is 5.85. The molecule has 2 fully saturated rings. The molecule has 2 N–H and O–H groups in total. The Bertz CT molecular complexity index is 619. The smallest absolute Gasteiger partial charge is 0.315 e. The number of hydrogen-bond donors (Lipinski definition) is 2. The molecule has 24 heavy (non-hydrogen) atoms. The zero-order chi connectivity index (χ0) is 16.5. The largest absolute Gasteiger partial charge is 0.496 e. The Hall–Kier alpha value is -1.75. The summed E-state index contributed by atoms with van der Waals surface area (Å²) in [4.78, 5) is 12.5. The van der Waals surface area contributed by atoms with Crippen molar-refractivity contribution in [3.8, 4) is 5.75 Å². The fourth-order valence-corrected chi connectivity index (χ4v) is 4.69.